The molecular weight excluding hydrogens is 472 g/mol. The number of primary amides is 1. The number of ether oxygens (including phenoxy) is 1. The molecular formula is C22H20BrF2N3O3. The third-order valence-electron chi connectivity index (χ3n) is 4.66. The van der Waals surface area contributed by atoms with Crippen LogP contribution in [-0.4, -0.2) is 22.5 Å². The van der Waals surface area contributed by atoms with Crippen LogP contribution in [0.5, 0.6) is 5.75 Å². The van der Waals surface area contributed by atoms with Crippen molar-refractivity contribution in [2.75, 3.05) is 7.05 Å². The van der Waals surface area contributed by atoms with E-state index in [1.54, 1.807) is 38.2 Å². The van der Waals surface area contributed by atoms with Crippen LogP contribution in [0, 0.1) is 18.6 Å². The second-order valence-corrected chi connectivity index (χ2v) is 7.79. The molecule has 0 aliphatic rings. The molecule has 0 atom stereocenters. The highest BCUT2D eigenvalue weighted by Crippen LogP contribution is 2.26. The van der Waals surface area contributed by atoms with E-state index >= 15 is 0 Å². The molecule has 1 heterocycles. The normalized spacial score (nSPS) is 10.7. The summed E-state index contributed by atoms with van der Waals surface area (Å²) in [5.74, 6) is -1.16. The lowest BCUT2D eigenvalue weighted by Gasteiger charge is -2.17. The molecule has 6 nitrogen and oxygen atoms in total. The molecule has 0 aliphatic heterocycles. The summed E-state index contributed by atoms with van der Waals surface area (Å²) in [6.45, 7) is 1.87. The minimum absolute atomic E-state index is 0.164. The standard InChI is InChI=1S/C22H20BrF2N3O3/c1-13-8-19(31-12-15-6-7-16(24)10-18(15)25)20(23)21(29)28(13)17-5-3-4-14(9-17)11-27(2)22(26)30/h3-10H,11-12H2,1-2H3,(H2,26,30). The highest BCUT2D eigenvalue weighted by Gasteiger charge is 2.15. The Morgan fingerprint density at radius 3 is 2.61 bits per heavy atom. The van der Waals surface area contributed by atoms with E-state index in [1.165, 1.54) is 15.5 Å². The summed E-state index contributed by atoms with van der Waals surface area (Å²) < 4.78 is 34.2. The number of nitrogens with two attached hydrogens (primary N) is 1. The van der Waals surface area contributed by atoms with Crippen LogP contribution in [0.2, 0.25) is 0 Å². The fourth-order valence-corrected chi connectivity index (χ4v) is 3.45. The monoisotopic (exact) mass is 491 g/mol. The maximum absolute atomic E-state index is 13.8. The van der Waals surface area contributed by atoms with Crippen molar-refractivity contribution in [2.45, 2.75) is 20.1 Å². The van der Waals surface area contributed by atoms with E-state index < -0.39 is 17.7 Å². The Morgan fingerprint density at radius 2 is 1.94 bits per heavy atom. The number of carbonyl (C=O) groups excluding carboxylic acids is 1. The van der Waals surface area contributed by atoms with E-state index in [1.807, 2.05) is 6.07 Å². The van der Waals surface area contributed by atoms with Crippen molar-refractivity contribution in [1.82, 2.24) is 9.47 Å². The number of amides is 2. The van der Waals surface area contributed by atoms with Crippen molar-refractivity contribution in [3.05, 3.63) is 91.8 Å². The molecule has 2 aromatic carbocycles. The van der Waals surface area contributed by atoms with Gasteiger partial charge >= 0.3 is 6.03 Å². The first-order valence-electron chi connectivity index (χ1n) is 9.26. The van der Waals surface area contributed by atoms with E-state index in [0.29, 0.717) is 17.9 Å². The summed E-state index contributed by atoms with van der Waals surface area (Å²) in [6, 6.07) is 11.5. The van der Waals surface area contributed by atoms with Gasteiger partial charge in [-0.15, -0.1) is 0 Å². The zero-order valence-corrected chi connectivity index (χ0v) is 18.4. The Morgan fingerprint density at radius 1 is 1.19 bits per heavy atom. The Balaban J connectivity index is 1.90. The van der Waals surface area contributed by atoms with Gasteiger partial charge in [0.1, 0.15) is 28.5 Å². The van der Waals surface area contributed by atoms with Gasteiger partial charge in [-0.2, -0.15) is 0 Å². The molecule has 0 saturated heterocycles. The molecule has 2 N–H and O–H groups in total. The molecule has 162 valence electrons. The maximum Gasteiger partial charge on any atom is 0.314 e. The van der Waals surface area contributed by atoms with Gasteiger partial charge in [0.15, 0.2) is 0 Å². The molecule has 3 rings (SSSR count). The highest BCUT2D eigenvalue weighted by atomic mass is 79.9. The SMILES string of the molecule is Cc1cc(OCc2ccc(F)cc2F)c(Br)c(=O)n1-c1cccc(CN(C)C(N)=O)c1. The third-order valence-corrected chi connectivity index (χ3v) is 5.39. The summed E-state index contributed by atoms with van der Waals surface area (Å²) in [5.41, 5.74) is 7.07. The van der Waals surface area contributed by atoms with Crippen LogP contribution in [0.25, 0.3) is 5.69 Å². The molecule has 0 unspecified atom stereocenters. The van der Waals surface area contributed by atoms with Crippen molar-refractivity contribution in [1.29, 1.82) is 0 Å². The fraction of sp³-hybridized carbons (Fsp3) is 0.182. The number of carbonyl (C=O) groups is 1. The van der Waals surface area contributed by atoms with E-state index in [4.69, 9.17) is 10.5 Å². The Bertz CT molecular complexity index is 1200. The third kappa shape index (κ3) is 5.11. The van der Waals surface area contributed by atoms with Gasteiger partial charge in [0.2, 0.25) is 0 Å². The van der Waals surface area contributed by atoms with Gasteiger partial charge in [-0.3, -0.25) is 9.36 Å². The van der Waals surface area contributed by atoms with Gasteiger partial charge in [0.25, 0.3) is 5.56 Å². The Hall–Kier alpha value is -3.20. The van der Waals surface area contributed by atoms with Gasteiger partial charge in [-0.25, -0.2) is 13.6 Å². The van der Waals surface area contributed by atoms with E-state index in [-0.39, 0.29) is 28.0 Å². The van der Waals surface area contributed by atoms with E-state index in [9.17, 15) is 18.4 Å². The van der Waals surface area contributed by atoms with Gasteiger partial charge in [0.05, 0.1) is 0 Å². The molecule has 9 heteroatoms. The lowest BCUT2D eigenvalue weighted by molar-refractivity contribution is 0.216. The average molecular weight is 492 g/mol. The number of aryl methyl sites for hydroxylation is 1. The van der Waals surface area contributed by atoms with Gasteiger partial charge < -0.3 is 15.4 Å². The Kier molecular flexibility index (Phi) is 6.74. The molecule has 0 radical (unpaired) electrons. The first-order chi connectivity index (χ1) is 14.7. The van der Waals surface area contributed by atoms with Crippen molar-refractivity contribution in [2.24, 2.45) is 5.73 Å². The van der Waals surface area contributed by atoms with Crippen LogP contribution >= 0.6 is 15.9 Å². The molecule has 0 bridgehead atoms. The van der Waals surface area contributed by atoms with Crippen LogP contribution in [0.3, 0.4) is 0 Å². The van der Waals surface area contributed by atoms with Crippen LogP contribution in [0.15, 0.2) is 57.8 Å². The lowest BCUT2D eigenvalue weighted by atomic mass is 10.1. The number of hydrogen-bond donors (Lipinski definition) is 1. The van der Waals surface area contributed by atoms with Crippen molar-refractivity contribution in [3.63, 3.8) is 0 Å². The predicted molar refractivity (Wildman–Crippen MR) is 116 cm³/mol. The summed E-state index contributed by atoms with van der Waals surface area (Å²) in [6.07, 6.45) is 0. The molecule has 3 aromatic rings. The summed E-state index contributed by atoms with van der Waals surface area (Å²) >= 11 is 3.26. The minimum Gasteiger partial charge on any atom is -0.487 e. The first kappa shape index (κ1) is 22.5. The number of urea groups is 1. The number of benzene rings is 2. The Labute approximate surface area is 186 Å². The smallest absolute Gasteiger partial charge is 0.314 e. The van der Waals surface area contributed by atoms with Crippen LogP contribution in [0.1, 0.15) is 16.8 Å². The van der Waals surface area contributed by atoms with Crippen LogP contribution in [0.4, 0.5) is 13.6 Å². The molecule has 0 fully saturated rings. The lowest BCUT2D eigenvalue weighted by Crippen LogP contribution is -2.31. The number of rotatable bonds is 6. The second-order valence-electron chi connectivity index (χ2n) is 6.99. The van der Waals surface area contributed by atoms with Crippen LogP contribution in [-0.2, 0) is 13.2 Å². The fourth-order valence-electron chi connectivity index (χ4n) is 3.05. The molecule has 0 saturated carbocycles. The first-order valence-corrected chi connectivity index (χ1v) is 10.1. The molecule has 2 amide bonds. The molecule has 0 spiro atoms. The number of nitrogens with zero attached hydrogens (tertiary/aromatic N) is 2. The quantitative estimate of drug-likeness (QED) is 0.558. The number of pyridine rings is 1. The molecule has 31 heavy (non-hydrogen) atoms. The predicted octanol–water partition coefficient (Wildman–Crippen LogP) is 4.28. The van der Waals surface area contributed by atoms with Crippen molar-refractivity contribution < 1.29 is 18.3 Å². The van der Waals surface area contributed by atoms with Crippen molar-refractivity contribution in [3.8, 4) is 11.4 Å². The van der Waals surface area contributed by atoms with Gasteiger partial charge in [-0.1, -0.05) is 12.1 Å². The number of hydrogen-bond acceptors (Lipinski definition) is 3. The number of aromatic nitrogens is 1. The second kappa shape index (κ2) is 9.30. The summed E-state index contributed by atoms with van der Waals surface area (Å²) in [5, 5.41) is 0. The largest absolute Gasteiger partial charge is 0.487 e. The highest BCUT2D eigenvalue weighted by molar-refractivity contribution is 9.10. The van der Waals surface area contributed by atoms with E-state index in [0.717, 1.165) is 17.7 Å². The van der Waals surface area contributed by atoms with Gasteiger partial charge in [0, 0.05) is 42.7 Å². The topological polar surface area (TPSA) is 77.6 Å². The summed E-state index contributed by atoms with van der Waals surface area (Å²) in [7, 11) is 1.58. The average Bonchev–Trinajstić information content (AvgIpc) is 2.71. The maximum atomic E-state index is 13.8. The minimum atomic E-state index is -0.723. The zero-order chi connectivity index (χ0) is 22.7. The van der Waals surface area contributed by atoms with Gasteiger partial charge in [-0.05, 0) is 52.7 Å². The van der Waals surface area contributed by atoms with E-state index in [2.05, 4.69) is 15.9 Å². The van der Waals surface area contributed by atoms with Crippen LogP contribution < -0.4 is 16.0 Å². The number of halogens is 3. The zero-order valence-electron chi connectivity index (χ0n) is 16.9. The summed E-state index contributed by atoms with van der Waals surface area (Å²) in [4.78, 5) is 25.6. The molecule has 1 aromatic heterocycles. The van der Waals surface area contributed by atoms with Crippen molar-refractivity contribution >= 4 is 22.0 Å². The molecule has 0 aliphatic carbocycles.